The summed E-state index contributed by atoms with van der Waals surface area (Å²) in [4.78, 5) is 31.4. The number of imidazole rings is 1. The molecule has 35 heavy (non-hydrogen) atoms. The predicted octanol–water partition coefficient (Wildman–Crippen LogP) is 1.97. The van der Waals surface area contributed by atoms with Crippen molar-refractivity contribution in [1.29, 1.82) is 0 Å². The summed E-state index contributed by atoms with van der Waals surface area (Å²) in [5.74, 6) is -0.0890. The number of thioether (sulfide) groups is 1. The SMILES string of the molecule is CCOC(=O)C1CCN(C(=O)CSc2nc3cc(S(=O)(=O)N4CCOCC4)ccc3n2CC)CC1. The maximum Gasteiger partial charge on any atom is 0.309 e. The third kappa shape index (κ3) is 5.65. The lowest BCUT2D eigenvalue weighted by Gasteiger charge is -2.30. The number of fused-ring (bicyclic) bond motifs is 1. The number of esters is 1. The van der Waals surface area contributed by atoms with Crippen LogP contribution in [0.4, 0.5) is 0 Å². The van der Waals surface area contributed by atoms with Crippen LogP contribution in [0.25, 0.3) is 11.0 Å². The molecule has 192 valence electrons. The number of sulfonamides is 1. The first kappa shape index (κ1) is 25.9. The van der Waals surface area contributed by atoms with Crippen LogP contribution in [-0.2, 0) is 35.6 Å². The van der Waals surface area contributed by atoms with Gasteiger partial charge in [-0.25, -0.2) is 13.4 Å². The van der Waals surface area contributed by atoms with Crippen LogP contribution >= 0.6 is 11.8 Å². The Balaban J connectivity index is 1.43. The maximum atomic E-state index is 13.0. The Morgan fingerprint density at radius 1 is 1.14 bits per heavy atom. The number of likely N-dealkylation sites (tertiary alicyclic amines) is 1. The molecule has 1 amide bonds. The van der Waals surface area contributed by atoms with Gasteiger partial charge in [-0.2, -0.15) is 4.31 Å². The minimum atomic E-state index is -3.61. The molecule has 2 aliphatic heterocycles. The van der Waals surface area contributed by atoms with E-state index >= 15 is 0 Å². The van der Waals surface area contributed by atoms with Crippen molar-refractivity contribution in [3.63, 3.8) is 0 Å². The molecule has 2 saturated heterocycles. The van der Waals surface area contributed by atoms with E-state index in [1.807, 2.05) is 11.5 Å². The number of aryl methyl sites for hydroxylation is 1. The Labute approximate surface area is 210 Å². The second-order valence-electron chi connectivity index (χ2n) is 8.50. The van der Waals surface area contributed by atoms with Crippen LogP contribution in [0.5, 0.6) is 0 Å². The van der Waals surface area contributed by atoms with Gasteiger partial charge in [0.2, 0.25) is 15.9 Å². The van der Waals surface area contributed by atoms with Gasteiger partial charge >= 0.3 is 5.97 Å². The molecule has 0 saturated carbocycles. The number of ether oxygens (including phenoxy) is 2. The summed E-state index contributed by atoms with van der Waals surface area (Å²) in [6.07, 6.45) is 1.23. The molecule has 0 aliphatic carbocycles. The molecule has 0 bridgehead atoms. The van der Waals surface area contributed by atoms with Crippen molar-refractivity contribution in [1.82, 2.24) is 18.8 Å². The van der Waals surface area contributed by atoms with Crippen LogP contribution in [0.1, 0.15) is 26.7 Å². The average Bonchev–Trinajstić information content (AvgIpc) is 3.24. The topological polar surface area (TPSA) is 111 Å². The summed E-state index contributed by atoms with van der Waals surface area (Å²) in [5, 5.41) is 0.679. The third-order valence-corrected chi connectivity index (χ3v) is 9.26. The molecule has 0 N–H and O–H groups in total. The molecule has 2 fully saturated rings. The fourth-order valence-electron chi connectivity index (χ4n) is 4.44. The molecule has 12 heteroatoms. The van der Waals surface area contributed by atoms with Crippen molar-refractivity contribution in [2.45, 2.75) is 43.3 Å². The third-order valence-electron chi connectivity index (χ3n) is 6.40. The molecule has 0 unspecified atom stereocenters. The van der Waals surface area contributed by atoms with Crippen LogP contribution in [0.15, 0.2) is 28.3 Å². The van der Waals surface area contributed by atoms with E-state index in [0.29, 0.717) is 76.1 Å². The number of rotatable bonds is 8. The Morgan fingerprint density at radius 3 is 2.51 bits per heavy atom. The normalized spacial score (nSPS) is 18.2. The highest BCUT2D eigenvalue weighted by atomic mass is 32.2. The second-order valence-corrected chi connectivity index (χ2v) is 11.4. The molecular formula is C23H32N4O6S2. The van der Waals surface area contributed by atoms with Crippen molar-refractivity contribution in [3.8, 4) is 0 Å². The van der Waals surface area contributed by atoms with Crippen LogP contribution in [0.3, 0.4) is 0 Å². The lowest BCUT2D eigenvalue weighted by Crippen LogP contribution is -2.41. The van der Waals surface area contributed by atoms with E-state index in [-0.39, 0.29) is 28.4 Å². The number of aromatic nitrogens is 2. The van der Waals surface area contributed by atoms with Crippen LogP contribution in [-0.4, -0.2) is 90.8 Å². The Kier molecular flexibility index (Phi) is 8.35. The first-order valence-electron chi connectivity index (χ1n) is 12.0. The minimum absolute atomic E-state index is 0.00241. The van der Waals surface area contributed by atoms with Crippen LogP contribution in [0.2, 0.25) is 0 Å². The molecule has 4 rings (SSSR count). The number of benzene rings is 1. The highest BCUT2D eigenvalue weighted by molar-refractivity contribution is 7.99. The largest absolute Gasteiger partial charge is 0.466 e. The number of carbonyl (C=O) groups is 2. The van der Waals surface area contributed by atoms with Gasteiger partial charge in [0, 0.05) is 32.7 Å². The first-order valence-corrected chi connectivity index (χ1v) is 14.4. The Morgan fingerprint density at radius 2 is 1.86 bits per heavy atom. The highest BCUT2D eigenvalue weighted by Gasteiger charge is 2.29. The van der Waals surface area contributed by atoms with Gasteiger partial charge in [0.1, 0.15) is 0 Å². The molecule has 0 atom stereocenters. The number of nitrogens with zero attached hydrogens (tertiary/aromatic N) is 4. The number of hydrogen-bond acceptors (Lipinski definition) is 8. The number of carbonyl (C=O) groups excluding carboxylic acids is 2. The van der Waals surface area contributed by atoms with Crippen molar-refractivity contribution < 1.29 is 27.5 Å². The number of morpholine rings is 1. The van der Waals surface area contributed by atoms with Crippen LogP contribution in [0, 0.1) is 5.92 Å². The van der Waals surface area contributed by atoms with Gasteiger partial charge in [0.05, 0.1) is 47.4 Å². The zero-order chi connectivity index (χ0) is 25.0. The molecule has 0 spiro atoms. The van der Waals surface area contributed by atoms with Crippen LogP contribution < -0.4 is 0 Å². The zero-order valence-electron chi connectivity index (χ0n) is 20.1. The van der Waals surface area contributed by atoms with Gasteiger partial charge in [-0.15, -0.1) is 0 Å². The summed E-state index contributed by atoms with van der Waals surface area (Å²) in [7, 11) is -3.61. The van der Waals surface area contributed by atoms with E-state index in [2.05, 4.69) is 4.98 Å². The Hall–Kier alpha value is -2.15. The van der Waals surface area contributed by atoms with E-state index in [1.165, 1.54) is 16.1 Å². The molecule has 2 aliphatic rings. The summed E-state index contributed by atoms with van der Waals surface area (Å²) < 4.78 is 39.9. The quantitative estimate of drug-likeness (QED) is 0.381. The van der Waals surface area contributed by atoms with Gasteiger partial charge in [-0.05, 0) is 44.9 Å². The second kappa shape index (κ2) is 11.3. The molecule has 1 aromatic heterocycles. The van der Waals surface area contributed by atoms with E-state index in [0.717, 1.165) is 5.52 Å². The van der Waals surface area contributed by atoms with Gasteiger partial charge < -0.3 is 18.9 Å². The number of amides is 1. The van der Waals surface area contributed by atoms with Gasteiger partial charge in [0.25, 0.3) is 0 Å². The highest BCUT2D eigenvalue weighted by Crippen LogP contribution is 2.28. The Bertz CT molecular complexity index is 1170. The van der Waals surface area contributed by atoms with Gasteiger partial charge in [-0.3, -0.25) is 9.59 Å². The van der Waals surface area contributed by atoms with Crippen molar-refractivity contribution in [3.05, 3.63) is 18.2 Å². The van der Waals surface area contributed by atoms with E-state index in [9.17, 15) is 18.0 Å². The lowest BCUT2D eigenvalue weighted by atomic mass is 9.97. The van der Waals surface area contributed by atoms with Crippen molar-refractivity contribution in [2.24, 2.45) is 5.92 Å². The summed E-state index contributed by atoms with van der Waals surface area (Å²) in [6.45, 7) is 7.33. The molecule has 3 heterocycles. The number of piperidine rings is 1. The molecule has 0 radical (unpaired) electrons. The van der Waals surface area contributed by atoms with Gasteiger partial charge in [0.15, 0.2) is 5.16 Å². The minimum Gasteiger partial charge on any atom is -0.466 e. The summed E-state index contributed by atoms with van der Waals surface area (Å²) >= 11 is 1.35. The van der Waals surface area contributed by atoms with Gasteiger partial charge in [-0.1, -0.05) is 11.8 Å². The van der Waals surface area contributed by atoms with E-state index in [4.69, 9.17) is 9.47 Å². The first-order chi connectivity index (χ1) is 16.8. The van der Waals surface area contributed by atoms with E-state index < -0.39 is 10.0 Å². The fraction of sp³-hybridized carbons (Fsp3) is 0.609. The maximum absolute atomic E-state index is 13.0. The van der Waals surface area contributed by atoms with Crippen molar-refractivity contribution >= 4 is 44.7 Å². The fourth-order valence-corrected chi connectivity index (χ4v) is 6.85. The average molecular weight is 525 g/mol. The molecule has 10 nitrogen and oxygen atoms in total. The molecule has 1 aromatic carbocycles. The summed E-state index contributed by atoms with van der Waals surface area (Å²) in [5.41, 5.74) is 1.42. The zero-order valence-corrected chi connectivity index (χ0v) is 21.8. The smallest absolute Gasteiger partial charge is 0.309 e. The summed E-state index contributed by atoms with van der Waals surface area (Å²) in [6, 6.07) is 5.01. The molecular weight excluding hydrogens is 492 g/mol. The molecule has 2 aromatic rings. The lowest BCUT2D eigenvalue weighted by molar-refractivity contribution is -0.151. The van der Waals surface area contributed by atoms with E-state index in [1.54, 1.807) is 30.0 Å². The monoisotopic (exact) mass is 524 g/mol. The standard InChI is InChI=1S/C23H32N4O6S2/c1-3-27-20-6-5-18(35(30,31)26-11-13-32-14-12-26)15-19(20)24-23(27)34-16-21(28)25-9-7-17(8-10-25)22(29)33-4-2/h5-6,15,17H,3-4,7-14,16H2,1-2H3. The van der Waals surface area contributed by atoms with Crippen molar-refractivity contribution in [2.75, 3.05) is 51.8 Å². The predicted molar refractivity (Wildman–Crippen MR) is 132 cm³/mol. The number of hydrogen-bond donors (Lipinski definition) is 0.